The van der Waals surface area contributed by atoms with E-state index >= 15 is 0 Å². The number of rotatable bonds is 2. The van der Waals surface area contributed by atoms with Gasteiger partial charge in [-0.15, -0.1) is 0 Å². The molecule has 0 spiro atoms. The molecule has 4 nitrogen and oxygen atoms in total. The van der Waals surface area contributed by atoms with Gasteiger partial charge in [0.05, 0.1) is 16.8 Å². The molecule has 2 aromatic heterocycles. The second-order valence-corrected chi connectivity index (χ2v) is 4.30. The first-order chi connectivity index (χ1) is 10.2. The van der Waals surface area contributed by atoms with E-state index in [4.69, 9.17) is 0 Å². The van der Waals surface area contributed by atoms with Gasteiger partial charge >= 0.3 is 0 Å². The van der Waals surface area contributed by atoms with Crippen LogP contribution in [0.3, 0.4) is 0 Å². The zero-order chi connectivity index (χ0) is 14.8. The third-order valence-electron chi connectivity index (χ3n) is 2.97. The van der Waals surface area contributed by atoms with Crippen molar-refractivity contribution in [2.24, 2.45) is 0 Å². The molecule has 1 amide bonds. The largest absolute Gasteiger partial charge is 0.320 e. The molecule has 0 unspecified atom stereocenters. The third kappa shape index (κ3) is 2.43. The van der Waals surface area contributed by atoms with Crippen molar-refractivity contribution in [2.75, 3.05) is 5.32 Å². The van der Waals surface area contributed by atoms with E-state index in [1.165, 1.54) is 0 Å². The first-order valence-corrected chi connectivity index (χ1v) is 6.12. The highest BCUT2D eigenvalue weighted by Gasteiger charge is 2.17. The number of pyridine rings is 2. The Hall–Kier alpha value is -2.89. The summed E-state index contributed by atoms with van der Waals surface area (Å²) in [5.74, 6) is -3.34. The van der Waals surface area contributed by atoms with Crippen molar-refractivity contribution in [3.05, 3.63) is 66.1 Å². The van der Waals surface area contributed by atoms with E-state index in [-0.39, 0.29) is 0 Å². The number of carbonyl (C=O) groups is 1. The summed E-state index contributed by atoms with van der Waals surface area (Å²) in [6, 6.07) is 9.94. The van der Waals surface area contributed by atoms with Crippen LogP contribution in [0, 0.1) is 11.8 Å². The van der Waals surface area contributed by atoms with Crippen LogP contribution < -0.4 is 5.32 Å². The molecule has 0 saturated carbocycles. The van der Waals surface area contributed by atoms with Crippen LogP contribution >= 0.6 is 0 Å². The topological polar surface area (TPSA) is 54.9 Å². The first-order valence-electron chi connectivity index (χ1n) is 6.12. The number of fused-ring (bicyclic) bond motifs is 1. The average molecular weight is 285 g/mol. The van der Waals surface area contributed by atoms with E-state index in [2.05, 4.69) is 15.3 Å². The Labute approximate surface area is 118 Å². The van der Waals surface area contributed by atoms with E-state index in [0.717, 1.165) is 17.6 Å². The lowest BCUT2D eigenvalue weighted by Gasteiger charge is -2.08. The summed E-state index contributed by atoms with van der Waals surface area (Å²) in [6.45, 7) is 0. The number of benzene rings is 1. The van der Waals surface area contributed by atoms with E-state index in [1.807, 2.05) is 12.1 Å². The van der Waals surface area contributed by atoms with Gasteiger partial charge in [-0.25, -0.2) is 9.37 Å². The maximum absolute atomic E-state index is 13.6. The van der Waals surface area contributed by atoms with Gasteiger partial charge in [-0.1, -0.05) is 18.2 Å². The van der Waals surface area contributed by atoms with Gasteiger partial charge in [0.1, 0.15) is 0 Å². The van der Waals surface area contributed by atoms with Gasteiger partial charge in [0.25, 0.3) is 5.91 Å². The molecule has 0 atom stereocenters. The zero-order valence-electron chi connectivity index (χ0n) is 10.7. The molecule has 1 aromatic carbocycles. The van der Waals surface area contributed by atoms with Crippen molar-refractivity contribution in [1.29, 1.82) is 0 Å². The number of hydrogen-bond donors (Lipinski definition) is 1. The molecule has 21 heavy (non-hydrogen) atoms. The van der Waals surface area contributed by atoms with E-state index in [0.29, 0.717) is 11.2 Å². The molecule has 104 valence electrons. The third-order valence-corrected chi connectivity index (χ3v) is 2.97. The Morgan fingerprint density at radius 1 is 1.00 bits per heavy atom. The smallest absolute Gasteiger partial charge is 0.258 e. The number of halogens is 2. The average Bonchev–Trinajstić information content (AvgIpc) is 2.50. The van der Waals surface area contributed by atoms with E-state index in [1.54, 1.807) is 24.4 Å². The Morgan fingerprint density at radius 2 is 1.81 bits per heavy atom. The zero-order valence-corrected chi connectivity index (χ0v) is 10.7. The minimum atomic E-state index is -1.31. The summed E-state index contributed by atoms with van der Waals surface area (Å²) in [7, 11) is 0. The van der Waals surface area contributed by atoms with Crippen LogP contribution in [-0.4, -0.2) is 15.9 Å². The number of para-hydroxylation sites is 1. The summed E-state index contributed by atoms with van der Waals surface area (Å²) >= 11 is 0. The number of carbonyl (C=O) groups excluding carboxylic acids is 1. The number of hydrogen-bond acceptors (Lipinski definition) is 3. The lowest BCUT2D eigenvalue weighted by Crippen LogP contribution is -2.15. The van der Waals surface area contributed by atoms with Crippen LogP contribution in [0.5, 0.6) is 0 Å². The van der Waals surface area contributed by atoms with Crippen molar-refractivity contribution in [3.63, 3.8) is 0 Å². The number of amides is 1. The molecule has 0 bridgehead atoms. The van der Waals surface area contributed by atoms with Gasteiger partial charge in [0.2, 0.25) is 5.95 Å². The molecular weight excluding hydrogens is 276 g/mol. The molecule has 6 heteroatoms. The van der Waals surface area contributed by atoms with E-state index in [9.17, 15) is 13.6 Å². The number of nitrogens with one attached hydrogen (secondary N) is 1. The molecule has 0 aliphatic rings. The molecule has 0 saturated heterocycles. The quantitative estimate of drug-likeness (QED) is 0.736. The SMILES string of the molecule is O=C(Nc1cccc2cccnc12)c1ccnc(F)c1F. The van der Waals surface area contributed by atoms with Gasteiger partial charge in [-0.3, -0.25) is 9.78 Å². The Bertz CT molecular complexity index is 831. The predicted octanol–water partition coefficient (Wildman–Crippen LogP) is 3.16. The summed E-state index contributed by atoms with van der Waals surface area (Å²) in [5, 5.41) is 3.36. The second-order valence-electron chi connectivity index (χ2n) is 4.30. The fraction of sp³-hybridized carbons (Fsp3) is 0. The highest BCUT2D eigenvalue weighted by atomic mass is 19.2. The van der Waals surface area contributed by atoms with Crippen molar-refractivity contribution in [2.45, 2.75) is 0 Å². The maximum atomic E-state index is 13.6. The fourth-order valence-electron chi connectivity index (χ4n) is 1.99. The highest BCUT2D eigenvalue weighted by molar-refractivity contribution is 6.08. The molecular formula is C15H9F2N3O. The van der Waals surface area contributed by atoms with Crippen LogP contribution in [-0.2, 0) is 0 Å². The normalized spacial score (nSPS) is 10.6. The lowest BCUT2D eigenvalue weighted by atomic mass is 10.1. The molecule has 3 aromatic rings. The summed E-state index contributed by atoms with van der Waals surface area (Å²) in [4.78, 5) is 19.4. The van der Waals surface area contributed by atoms with Gasteiger partial charge in [0.15, 0.2) is 5.82 Å². The van der Waals surface area contributed by atoms with Gasteiger partial charge < -0.3 is 5.32 Å². The monoisotopic (exact) mass is 285 g/mol. The fourth-order valence-corrected chi connectivity index (χ4v) is 1.99. The second kappa shape index (κ2) is 5.24. The Morgan fingerprint density at radius 3 is 2.67 bits per heavy atom. The van der Waals surface area contributed by atoms with E-state index < -0.39 is 23.2 Å². The van der Waals surface area contributed by atoms with Crippen LogP contribution in [0.1, 0.15) is 10.4 Å². The van der Waals surface area contributed by atoms with Crippen LogP contribution in [0.2, 0.25) is 0 Å². The Kier molecular flexibility index (Phi) is 3.27. The summed E-state index contributed by atoms with van der Waals surface area (Å²) < 4.78 is 26.6. The summed E-state index contributed by atoms with van der Waals surface area (Å²) in [6.07, 6.45) is 2.62. The molecule has 0 aliphatic heterocycles. The van der Waals surface area contributed by atoms with Crippen LogP contribution in [0.4, 0.5) is 14.5 Å². The molecule has 3 rings (SSSR count). The summed E-state index contributed by atoms with van der Waals surface area (Å²) in [5.41, 5.74) is 0.591. The number of aromatic nitrogens is 2. The molecule has 0 radical (unpaired) electrons. The standard InChI is InChI=1S/C15H9F2N3O/c16-12-10(6-8-19-14(12)17)15(21)20-11-5-1-3-9-4-2-7-18-13(9)11/h1-8H,(H,20,21). The molecule has 0 fully saturated rings. The molecule has 2 heterocycles. The lowest BCUT2D eigenvalue weighted by molar-refractivity contribution is 0.102. The highest BCUT2D eigenvalue weighted by Crippen LogP contribution is 2.21. The van der Waals surface area contributed by atoms with Crippen LogP contribution in [0.25, 0.3) is 10.9 Å². The van der Waals surface area contributed by atoms with Crippen molar-refractivity contribution in [3.8, 4) is 0 Å². The minimum Gasteiger partial charge on any atom is -0.320 e. The van der Waals surface area contributed by atoms with Gasteiger partial charge in [-0.2, -0.15) is 4.39 Å². The van der Waals surface area contributed by atoms with Crippen LogP contribution in [0.15, 0.2) is 48.8 Å². The molecule has 0 aliphatic carbocycles. The van der Waals surface area contributed by atoms with Crippen molar-refractivity contribution < 1.29 is 13.6 Å². The van der Waals surface area contributed by atoms with Gasteiger partial charge in [-0.05, 0) is 18.2 Å². The predicted molar refractivity (Wildman–Crippen MR) is 73.8 cm³/mol. The minimum absolute atomic E-state index is 0.407. The molecule has 1 N–H and O–H groups in total. The maximum Gasteiger partial charge on any atom is 0.258 e. The number of anilines is 1. The van der Waals surface area contributed by atoms with Gasteiger partial charge in [0, 0.05) is 17.8 Å². The first kappa shape index (κ1) is 13.1. The van der Waals surface area contributed by atoms with Crippen molar-refractivity contribution in [1.82, 2.24) is 9.97 Å². The van der Waals surface area contributed by atoms with Crippen molar-refractivity contribution >= 4 is 22.5 Å². The number of nitrogens with zero attached hydrogens (tertiary/aromatic N) is 2. The Balaban J connectivity index is 1.99.